The van der Waals surface area contributed by atoms with E-state index in [0.29, 0.717) is 23.5 Å². The second-order valence-electron chi connectivity index (χ2n) is 7.32. The molecule has 0 fully saturated rings. The van der Waals surface area contributed by atoms with Crippen LogP contribution in [-0.4, -0.2) is 38.1 Å². The van der Waals surface area contributed by atoms with Crippen molar-refractivity contribution in [2.24, 2.45) is 0 Å². The number of hydrogen-bond donors (Lipinski definition) is 0. The van der Waals surface area contributed by atoms with Gasteiger partial charge in [0.2, 0.25) is 0 Å². The van der Waals surface area contributed by atoms with Crippen LogP contribution in [0.15, 0.2) is 77.1 Å². The van der Waals surface area contributed by atoms with Gasteiger partial charge in [-0.25, -0.2) is 9.59 Å². The van der Waals surface area contributed by atoms with Gasteiger partial charge < -0.3 is 19.1 Å². The van der Waals surface area contributed by atoms with Gasteiger partial charge in [0, 0.05) is 18.4 Å². The first-order valence-corrected chi connectivity index (χ1v) is 9.97. The van der Waals surface area contributed by atoms with Gasteiger partial charge >= 0.3 is 11.9 Å². The van der Waals surface area contributed by atoms with E-state index in [4.69, 9.17) is 14.2 Å². The van der Waals surface area contributed by atoms with Crippen molar-refractivity contribution in [3.8, 4) is 5.75 Å². The lowest BCUT2D eigenvalue weighted by atomic mass is 9.80. The maximum absolute atomic E-state index is 12.7. The summed E-state index contributed by atoms with van der Waals surface area (Å²) in [5, 5.41) is 0. The van der Waals surface area contributed by atoms with Crippen LogP contribution < -0.4 is 4.74 Å². The van der Waals surface area contributed by atoms with Crippen molar-refractivity contribution >= 4 is 11.9 Å². The Kier molecular flexibility index (Phi) is 6.80. The van der Waals surface area contributed by atoms with Crippen molar-refractivity contribution in [3.63, 3.8) is 0 Å². The molecule has 1 aliphatic heterocycles. The van der Waals surface area contributed by atoms with Crippen LogP contribution >= 0.6 is 0 Å². The standard InChI is InChI=1S/C25H27NO5/c1-16-21(24(27)29-4)23(22(25(28)30-5)17(2)26(16)3)19-11-13-20(14-12-19)31-15-18-9-7-6-8-10-18/h6-14,23H,15H2,1-5H3. The van der Waals surface area contributed by atoms with Crippen LogP contribution in [0.4, 0.5) is 0 Å². The number of esters is 2. The molecular formula is C25H27NO5. The van der Waals surface area contributed by atoms with E-state index in [1.165, 1.54) is 14.2 Å². The van der Waals surface area contributed by atoms with Crippen LogP contribution in [0.5, 0.6) is 5.75 Å². The maximum atomic E-state index is 12.7. The lowest BCUT2D eigenvalue weighted by Crippen LogP contribution is -2.33. The van der Waals surface area contributed by atoms with Gasteiger partial charge in [0.05, 0.1) is 31.3 Å². The fourth-order valence-electron chi connectivity index (χ4n) is 3.76. The molecule has 1 aliphatic rings. The number of allylic oxidation sites excluding steroid dienone is 2. The Hall–Kier alpha value is -3.54. The summed E-state index contributed by atoms with van der Waals surface area (Å²) in [5.74, 6) is -0.860. The number of carbonyl (C=O) groups is 2. The molecule has 31 heavy (non-hydrogen) atoms. The average Bonchev–Trinajstić information content (AvgIpc) is 2.81. The molecule has 2 aromatic rings. The Morgan fingerprint density at radius 2 is 1.35 bits per heavy atom. The van der Waals surface area contributed by atoms with E-state index in [2.05, 4.69) is 0 Å². The second-order valence-corrected chi connectivity index (χ2v) is 7.32. The maximum Gasteiger partial charge on any atom is 0.336 e. The number of methoxy groups -OCH3 is 2. The Morgan fingerprint density at radius 1 is 0.839 bits per heavy atom. The summed E-state index contributed by atoms with van der Waals surface area (Å²) in [5.41, 5.74) is 4.13. The van der Waals surface area contributed by atoms with Gasteiger partial charge in [-0.1, -0.05) is 42.5 Å². The molecule has 0 aliphatic carbocycles. The molecule has 0 aromatic heterocycles. The molecule has 6 heteroatoms. The average molecular weight is 421 g/mol. The smallest absolute Gasteiger partial charge is 0.336 e. The van der Waals surface area contributed by atoms with Crippen LogP contribution in [0, 0.1) is 0 Å². The molecule has 0 bridgehead atoms. The molecule has 0 saturated heterocycles. The zero-order valence-electron chi connectivity index (χ0n) is 18.5. The molecule has 0 atom stereocenters. The van der Waals surface area contributed by atoms with E-state index in [1.54, 1.807) is 0 Å². The van der Waals surface area contributed by atoms with Crippen LogP contribution in [0.2, 0.25) is 0 Å². The third-order valence-electron chi connectivity index (χ3n) is 5.64. The summed E-state index contributed by atoms with van der Waals surface area (Å²) in [6.45, 7) is 4.13. The number of rotatable bonds is 6. The normalized spacial score (nSPS) is 14.5. The summed E-state index contributed by atoms with van der Waals surface area (Å²) < 4.78 is 16.0. The Labute approximate surface area is 182 Å². The second kappa shape index (κ2) is 9.51. The highest BCUT2D eigenvalue weighted by Crippen LogP contribution is 2.42. The largest absolute Gasteiger partial charge is 0.489 e. The summed E-state index contributed by atoms with van der Waals surface area (Å²) in [4.78, 5) is 27.2. The van der Waals surface area contributed by atoms with E-state index in [1.807, 2.05) is 80.4 Å². The van der Waals surface area contributed by atoms with Gasteiger partial charge in [-0.15, -0.1) is 0 Å². The predicted molar refractivity (Wildman–Crippen MR) is 117 cm³/mol. The molecule has 0 unspecified atom stereocenters. The number of ether oxygens (including phenoxy) is 3. The predicted octanol–water partition coefficient (Wildman–Crippen LogP) is 4.19. The number of nitrogens with zero attached hydrogens (tertiary/aromatic N) is 1. The minimum absolute atomic E-state index is 0.411. The number of carbonyl (C=O) groups excluding carboxylic acids is 2. The fraction of sp³-hybridized carbons (Fsp3) is 0.280. The molecule has 2 aromatic carbocycles. The zero-order valence-corrected chi connectivity index (χ0v) is 18.5. The van der Waals surface area contributed by atoms with E-state index < -0.39 is 17.9 Å². The van der Waals surface area contributed by atoms with Gasteiger partial charge in [-0.2, -0.15) is 0 Å². The molecule has 1 heterocycles. The first kappa shape index (κ1) is 22.2. The minimum atomic E-state index is -0.598. The van der Waals surface area contributed by atoms with Gasteiger partial charge in [-0.3, -0.25) is 0 Å². The summed E-state index contributed by atoms with van der Waals surface area (Å²) in [7, 11) is 4.49. The zero-order chi connectivity index (χ0) is 22.5. The highest BCUT2D eigenvalue weighted by atomic mass is 16.5. The third kappa shape index (κ3) is 4.48. The topological polar surface area (TPSA) is 65.1 Å². The molecule has 0 radical (unpaired) electrons. The van der Waals surface area contributed by atoms with Crippen molar-refractivity contribution in [3.05, 3.63) is 88.3 Å². The Bertz CT molecular complexity index is 982. The van der Waals surface area contributed by atoms with Crippen molar-refractivity contribution in [2.75, 3.05) is 21.3 Å². The van der Waals surface area contributed by atoms with Gasteiger partial charge in [-0.05, 0) is 37.1 Å². The first-order valence-electron chi connectivity index (χ1n) is 9.97. The van der Waals surface area contributed by atoms with Crippen molar-refractivity contribution < 1.29 is 23.8 Å². The van der Waals surface area contributed by atoms with Gasteiger partial charge in [0.1, 0.15) is 12.4 Å². The lowest BCUT2D eigenvalue weighted by Gasteiger charge is -2.35. The van der Waals surface area contributed by atoms with E-state index in [0.717, 1.165) is 22.5 Å². The summed E-state index contributed by atoms with van der Waals surface area (Å²) in [6, 6.07) is 17.3. The fourth-order valence-corrected chi connectivity index (χ4v) is 3.76. The van der Waals surface area contributed by atoms with E-state index in [9.17, 15) is 9.59 Å². The van der Waals surface area contributed by atoms with Gasteiger partial charge in [0.25, 0.3) is 0 Å². The summed E-state index contributed by atoms with van der Waals surface area (Å²) >= 11 is 0. The SMILES string of the molecule is COC(=O)C1=C(C)N(C)C(C)=C(C(=O)OC)C1c1ccc(OCc2ccccc2)cc1. The molecule has 3 rings (SSSR count). The highest BCUT2D eigenvalue weighted by molar-refractivity contribution is 5.99. The highest BCUT2D eigenvalue weighted by Gasteiger charge is 2.39. The van der Waals surface area contributed by atoms with Crippen molar-refractivity contribution in [2.45, 2.75) is 26.4 Å². The van der Waals surface area contributed by atoms with Crippen LogP contribution in [0.1, 0.15) is 30.9 Å². The van der Waals surface area contributed by atoms with Crippen LogP contribution in [-0.2, 0) is 25.7 Å². The Morgan fingerprint density at radius 3 is 1.84 bits per heavy atom. The Balaban J connectivity index is 1.97. The molecule has 162 valence electrons. The van der Waals surface area contributed by atoms with Gasteiger partial charge in [0.15, 0.2) is 0 Å². The molecule has 0 N–H and O–H groups in total. The van der Waals surface area contributed by atoms with Crippen molar-refractivity contribution in [1.82, 2.24) is 4.90 Å². The lowest BCUT2D eigenvalue weighted by molar-refractivity contribution is -0.137. The quantitative estimate of drug-likeness (QED) is 0.652. The monoisotopic (exact) mass is 421 g/mol. The minimum Gasteiger partial charge on any atom is -0.489 e. The number of benzene rings is 2. The van der Waals surface area contributed by atoms with Crippen molar-refractivity contribution in [1.29, 1.82) is 0 Å². The molecular weight excluding hydrogens is 394 g/mol. The number of hydrogen-bond acceptors (Lipinski definition) is 6. The van der Waals surface area contributed by atoms with E-state index in [-0.39, 0.29) is 0 Å². The first-order chi connectivity index (χ1) is 14.9. The third-order valence-corrected chi connectivity index (χ3v) is 5.64. The summed E-state index contributed by atoms with van der Waals surface area (Å²) in [6.07, 6.45) is 0. The molecule has 0 saturated carbocycles. The van der Waals surface area contributed by atoms with E-state index >= 15 is 0 Å². The molecule has 0 amide bonds. The molecule has 0 spiro atoms. The molecule has 6 nitrogen and oxygen atoms in total. The van der Waals surface area contributed by atoms with Crippen LogP contribution in [0.3, 0.4) is 0 Å². The van der Waals surface area contributed by atoms with Crippen LogP contribution in [0.25, 0.3) is 0 Å².